The van der Waals surface area contributed by atoms with Crippen molar-refractivity contribution in [1.82, 2.24) is 0 Å². The predicted molar refractivity (Wildman–Crippen MR) is 232 cm³/mol. The third-order valence-electron chi connectivity index (χ3n) is 9.53. The molecule has 0 aliphatic rings. The van der Waals surface area contributed by atoms with Crippen LogP contribution in [0.1, 0.15) is 5.56 Å². The first-order chi connectivity index (χ1) is 26.8. The summed E-state index contributed by atoms with van der Waals surface area (Å²) in [6, 6.07) is 80.9. The lowest BCUT2D eigenvalue weighted by atomic mass is 10.2. The van der Waals surface area contributed by atoms with Gasteiger partial charge in [-0.15, -0.1) is 0 Å². The summed E-state index contributed by atoms with van der Waals surface area (Å²) in [7, 11) is -4.99. The van der Waals surface area contributed by atoms with Gasteiger partial charge in [-0.25, -0.2) is 4.74 Å². The normalized spacial score (nSPS) is 11.4. The first-order valence-corrected chi connectivity index (χ1v) is 21.6. The van der Waals surface area contributed by atoms with Gasteiger partial charge in [-0.1, -0.05) is 212 Å². The van der Waals surface area contributed by atoms with Crippen molar-refractivity contribution in [2.24, 2.45) is 9.49 Å². The van der Waals surface area contributed by atoms with Gasteiger partial charge in [0.25, 0.3) is 0 Å². The summed E-state index contributed by atoms with van der Waals surface area (Å²) in [5.74, 6) is 0.731. The largest absolute Gasteiger partial charge is 0.487 e. The maximum Gasteiger partial charge on any atom is 0.145 e. The Hall–Kier alpha value is -5.98. The molecular formula is C49H40N2OP2. The lowest BCUT2D eigenvalue weighted by Crippen LogP contribution is -2.25. The molecule has 8 rings (SSSR count). The van der Waals surface area contributed by atoms with Gasteiger partial charge in [0.05, 0.1) is 19.8 Å². The van der Waals surface area contributed by atoms with E-state index in [1.165, 1.54) is 31.8 Å². The van der Waals surface area contributed by atoms with Crippen LogP contribution in [0, 0.1) is 0 Å². The van der Waals surface area contributed by atoms with Crippen LogP contribution in [0.15, 0.2) is 240 Å². The SMILES string of the molecule is c1ccc(P(=Nc2ccccc2COc2ccccc2N=P(c2ccccc2)(c2ccccc2)c2ccccc2)(c2ccccc2)c2ccccc2)cc1. The van der Waals surface area contributed by atoms with E-state index in [-0.39, 0.29) is 0 Å². The first-order valence-electron chi connectivity index (χ1n) is 18.2. The van der Waals surface area contributed by atoms with Gasteiger partial charge in [0.2, 0.25) is 0 Å². The molecule has 0 aliphatic carbocycles. The number of hydrogen-bond donors (Lipinski definition) is 0. The van der Waals surface area contributed by atoms with Gasteiger partial charge in [0, 0.05) is 37.4 Å². The molecule has 5 heteroatoms. The number of ether oxygens (including phenoxy) is 1. The van der Waals surface area contributed by atoms with E-state index in [4.69, 9.17) is 14.2 Å². The highest BCUT2D eigenvalue weighted by Gasteiger charge is 2.29. The van der Waals surface area contributed by atoms with E-state index >= 15 is 0 Å². The summed E-state index contributed by atoms with van der Waals surface area (Å²) in [4.78, 5) is 0. The minimum atomic E-state index is -2.51. The third kappa shape index (κ3) is 7.05. The quantitative estimate of drug-likeness (QED) is 0.122. The summed E-state index contributed by atoms with van der Waals surface area (Å²) >= 11 is 0. The molecule has 8 aromatic carbocycles. The second-order valence-electron chi connectivity index (χ2n) is 12.9. The number of benzene rings is 8. The van der Waals surface area contributed by atoms with Gasteiger partial charge >= 0.3 is 0 Å². The van der Waals surface area contributed by atoms with Gasteiger partial charge in [-0.05, 0) is 18.2 Å². The molecule has 0 aliphatic heterocycles. The smallest absolute Gasteiger partial charge is 0.145 e. The zero-order valence-corrected chi connectivity index (χ0v) is 31.6. The van der Waals surface area contributed by atoms with Gasteiger partial charge in [-0.2, -0.15) is 0 Å². The molecule has 0 bridgehead atoms. The van der Waals surface area contributed by atoms with E-state index in [1.807, 2.05) is 18.2 Å². The second-order valence-corrected chi connectivity index (χ2v) is 18.9. The van der Waals surface area contributed by atoms with Crippen LogP contribution in [-0.4, -0.2) is 0 Å². The topological polar surface area (TPSA) is 34.0 Å². The highest BCUT2D eigenvalue weighted by molar-refractivity contribution is 7.88. The number of hydrogen-bond acceptors (Lipinski definition) is 3. The Morgan fingerprint density at radius 2 is 0.574 bits per heavy atom. The Morgan fingerprint density at radius 3 is 0.944 bits per heavy atom. The Morgan fingerprint density at radius 1 is 0.296 bits per heavy atom. The molecule has 0 radical (unpaired) electrons. The molecule has 0 amide bonds. The Labute approximate surface area is 318 Å². The van der Waals surface area contributed by atoms with Crippen molar-refractivity contribution in [3.05, 3.63) is 236 Å². The van der Waals surface area contributed by atoms with Crippen LogP contribution in [0.4, 0.5) is 11.4 Å². The van der Waals surface area contributed by atoms with E-state index in [0.29, 0.717) is 6.61 Å². The fraction of sp³-hybridized carbons (Fsp3) is 0.0204. The summed E-state index contributed by atoms with van der Waals surface area (Å²) in [6.45, 7) is 0.331. The summed E-state index contributed by atoms with van der Waals surface area (Å²) in [6.07, 6.45) is 0. The second kappa shape index (κ2) is 16.4. The third-order valence-corrected chi connectivity index (χ3v) is 16.8. The highest BCUT2D eigenvalue weighted by Crippen LogP contribution is 2.52. The molecule has 0 atom stereocenters. The molecule has 0 spiro atoms. The summed E-state index contributed by atoms with van der Waals surface area (Å²) in [5, 5.41) is 7.15. The van der Waals surface area contributed by atoms with Crippen LogP contribution in [0.2, 0.25) is 0 Å². The van der Waals surface area contributed by atoms with Crippen molar-refractivity contribution in [2.45, 2.75) is 6.61 Å². The highest BCUT2D eigenvalue weighted by atomic mass is 31.2. The lowest BCUT2D eigenvalue weighted by molar-refractivity contribution is 0.308. The number of para-hydroxylation sites is 1. The average molecular weight is 735 g/mol. The van der Waals surface area contributed by atoms with E-state index in [1.54, 1.807) is 0 Å². The molecule has 0 aromatic heterocycles. The summed E-state index contributed by atoms with van der Waals surface area (Å²) < 4.78 is 18.4. The monoisotopic (exact) mass is 734 g/mol. The zero-order valence-electron chi connectivity index (χ0n) is 29.8. The van der Waals surface area contributed by atoms with Crippen molar-refractivity contribution in [2.75, 3.05) is 0 Å². The van der Waals surface area contributed by atoms with Crippen molar-refractivity contribution >= 4 is 57.3 Å². The van der Waals surface area contributed by atoms with Gasteiger partial charge in [-0.3, -0.25) is 4.74 Å². The zero-order chi connectivity index (χ0) is 36.5. The van der Waals surface area contributed by atoms with Crippen molar-refractivity contribution in [3.63, 3.8) is 0 Å². The van der Waals surface area contributed by atoms with E-state index in [0.717, 1.165) is 22.7 Å². The molecule has 3 nitrogen and oxygen atoms in total. The molecule has 0 heterocycles. The first kappa shape index (κ1) is 35.1. The number of nitrogens with zero attached hydrogens (tertiary/aromatic N) is 2. The standard InChI is InChI=1S/C49H40N2OP2/c1-7-24-41(25-8-1)53(42-26-9-2-10-27-42,43-28-11-3-12-29-43)50-47-36-20-19-23-40(47)39-52-49-38-22-21-37-48(49)51-54(44-30-13-4-14-31-44,45-32-15-5-16-33-45)46-34-17-6-18-35-46/h1-38H,39H2. The van der Waals surface area contributed by atoms with Crippen LogP contribution in [0.25, 0.3) is 0 Å². The van der Waals surface area contributed by atoms with E-state index in [2.05, 4.69) is 212 Å². The maximum atomic E-state index is 6.83. The van der Waals surface area contributed by atoms with Crippen molar-refractivity contribution < 1.29 is 4.74 Å². The van der Waals surface area contributed by atoms with Crippen LogP contribution < -0.4 is 36.6 Å². The lowest BCUT2D eigenvalue weighted by Gasteiger charge is -2.27. The maximum absolute atomic E-state index is 6.83. The van der Waals surface area contributed by atoms with Crippen LogP contribution in [-0.2, 0) is 6.61 Å². The summed E-state index contributed by atoms with van der Waals surface area (Å²) in [5.41, 5.74) is 2.74. The minimum Gasteiger partial charge on any atom is -0.487 e. The average Bonchev–Trinajstić information content (AvgIpc) is 3.26. The van der Waals surface area contributed by atoms with Crippen LogP contribution >= 0.6 is 14.1 Å². The van der Waals surface area contributed by atoms with Gasteiger partial charge < -0.3 is 4.74 Å². The van der Waals surface area contributed by atoms with Gasteiger partial charge in [0.15, 0.2) is 0 Å². The molecule has 8 aromatic rings. The van der Waals surface area contributed by atoms with E-state index < -0.39 is 14.1 Å². The van der Waals surface area contributed by atoms with Gasteiger partial charge in [0.1, 0.15) is 18.0 Å². The Bertz CT molecular complexity index is 2160. The van der Waals surface area contributed by atoms with Crippen molar-refractivity contribution in [1.29, 1.82) is 0 Å². The van der Waals surface area contributed by atoms with Crippen LogP contribution in [0.5, 0.6) is 5.75 Å². The van der Waals surface area contributed by atoms with Crippen molar-refractivity contribution in [3.8, 4) is 5.75 Å². The Balaban J connectivity index is 1.27. The molecule has 0 saturated carbocycles. The minimum absolute atomic E-state index is 0.331. The molecule has 54 heavy (non-hydrogen) atoms. The Kier molecular flexibility index (Phi) is 10.6. The molecule has 0 unspecified atom stereocenters. The van der Waals surface area contributed by atoms with Crippen LogP contribution in [0.3, 0.4) is 0 Å². The predicted octanol–water partition coefficient (Wildman–Crippen LogP) is 10.9. The molecule has 262 valence electrons. The fourth-order valence-electron chi connectivity index (χ4n) is 6.97. The van der Waals surface area contributed by atoms with E-state index in [9.17, 15) is 0 Å². The molecule has 0 N–H and O–H groups in total. The number of rotatable bonds is 11. The molecular weight excluding hydrogens is 694 g/mol. The molecule has 0 fully saturated rings. The fourth-order valence-corrected chi connectivity index (χ4v) is 14.1. The molecule has 0 saturated heterocycles.